The summed E-state index contributed by atoms with van der Waals surface area (Å²) in [4.78, 5) is 5.93. The summed E-state index contributed by atoms with van der Waals surface area (Å²) >= 11 is 0. The van der Waals surface area contributed by atoms with Gasteiger partial charge in [0.25, 0.3) is 0 Å². The van der Waals surface area contributed by atoms with Gasteiger partial charge in [-0.2, -0.15) is 0 Å². The summed E-state index contributed by atoms with van der Waals surface area (Å²) in [5, 5.41) is 9.12. The van der Waals surface area contributed by atoms with E-state index < -0.39 is 8.56 Å². The molecule has 152 valence electrons. The SMILES string of the molecule is CC(C)[Si]1(C(C)C)OC[C@H]2C(=NO[C@@H]2c2ccccc2)/C(c2ccccc2)=N\O1. The molecule has 2 atom stereocenters. The van der Waals surface area contributed by atoms with Gasteiger partial charge in [-0.05, 0) is 5.56 Å². The molecule has 0 N–H and O–H groups in total. The molecule has 2 aliphatic heterocycles. The van der Waals surface area contributed by atoms with Gasteiger partial charge in [0.2, 0.25) is 0 Å². The molecule has 2 aliphatic rings. The molecule has 5 nitrogen and oxygen atoms in total. The molecule has 4 rings (SSSR count). The van der Waals surface area contributed by atoms with Crippen molar-refractivity contribution in [3.8, 4) is 0 Å². The van der Waals surface area contributed by atoms with Crippen molar-refractivity contribution >= 4 is 20.0 Å². The molecule has 0 unspecified atom stereocenters. The van der Waals surface area contributed by atoms with Crippen molar-refractivity contribution in [2.45, 2.75) is 44.9 Å². The average molecular weight is 409 g/mol. The fraction of sp³-hybridized carbons (Fsp3) is 0.391. The zero-order valence-corrected chi connectivity index (χ0v) is 18.4. The highest BCUT2D eigenvalue weighted by molar-refractivity contribution is 6.70. The lowest BCUT2D eigenvalue weighted by atomic mass is 9.88. The van der Waals surface area contributed by atoms with Gasteiger partial charge in [-0.15, -0.1) is 0 Å². The molecule has 0 spiro atoms. The van der Waals surface area contributed by atoms with E-state index in [9.17, 15) is 0 Å². The van der Waals surface area contributed by atoms with Crippen LogP contribution in [0.2, 0.25) is 11.1 Å². The van der Waals surface area contributed by atoms with Gasteiger partial charge in [0.15, 0.2) is 6.10 Å². The number of hydrogen-bond donors (Lipinski definition) is 0. The normalized spacial score (nSPS) is 25.2. The van der Waals surface area contributed by atoms with Crippen LogP contribution in [-0.4, -0.2) is 26.6 Å². The molecular weight excluding hydrogens is 380 g/mol. The van der Waals surface area contributed by atoms with E-state index in [-0.39, 0.29) is 23.1 Å². The minimum atomic E-state index is -2.58. The molecule has 0 aliphatic carbocycles. The van der Waals surface area contributed by atoms with Gasteiger partial charge >= 0.3 is 8.56 Å². The molecule has 0 amide bonds. The van der Waals surface area contributed by atoms with Crippen molar-refractivity contribution in [2.24, 2.45) is 16.2 Å². The summed E-state index contributed by atoms with van der Waals surface area (Å²) < 4.78 is 12.9. The van der Waals surface area contributed by atoms with Gasteiger partial charge in [0.1, 0.15) is 11.4 Å². The zero-order chi connectivity index (χ0) is 20.4. The van der Waals surface area contributed by atoms with E-state index in [1.165, 1.54) is 0 Å². The summed E-state index contributed by atoms with van der Waals surface area (Å²) in [5.41, 5.74) is 4.13. The van der Waals surface area contributed by atoms with Crippen LogP contribution in [0.4, 0.5) is 0 Å². The van der Waals surface area contributed by atoms with E-state index >= 15 is 0 Å². The molecule has 6 heteroatoms. The van der Waals surface area contributed by atoms with Crippen molar-refractivity contribution in [3.63, 3.8) is 0 Å². The number of nitrogens with zero attached hydrogens (tertiary/aromatic N) is 2. The summed E-state index contributed by atoms with van der Waals surface area (Å²) in [6.45, 7) is 9.17. The first-order chi connectivity index (χ1) is 14.0. The van der Waals surface area contributed by atoms with Gasteiger partial charge in [0.05, 0.1) is 5.92 Å². The van der Waals surface area contributed by atoms with Crippen molar-refractivity contribution in [3.05, 3.63) is 71.8 Å². The Bertz CT molecular complexity index is 889. The monoisotopic (exact) mass is 408 g/mol. The number of rotatable bonds is 4. The zero-order valence-electron chi connectivity index (χ0n) is 17.4. The first kappa shape index (κ1) is 19.9. The fourth-order valence-electron chi connectivity index (χ4n) is 4.14. The standard InChI is InChI=1S/C23H28N2O3Si/c1-16(2)29(17(3)4)26-15-20-22(21(25-28-29)18-11-7-5-8-12-18)24-27-23(20)19-13-9-6-10-14-19/h5-14,16-17,20,23H,15H2,1-4H3/b25-21-/t20-,23+/m0/s1. The van der Waals surface area contributed by atoms with E-state index in [1.807, 2.05) is 48.5 Å². The first-order valence-corrected chi connectivity index (χ1v) is 12.2. The van der Waals surface area contributed by atoms with Crippen molar-refractivity contribution in [1.29, 1.82) is 0 Å². The maximum atomic E-state index is 6.59. The Balaban J connectivity index is 1.79. The third-order valence-corrected chi connectivity index (χ3v) is 9.99. The third kappa shape index (κ3) is 3.62. The number of hydrogen-bond acceptors (Lipinski definition) is 5. The topological polar surface area (TPSA) is 52.4 Å². The Labute approximate surface area is 173 Å². The Hall–Kier alpha value is -2.44. The second kappa shape index (κ2) is 8.12. The van der Waals surface area contributed by atoms with E-state index in [0.29, 0.717) is 6.61 Å². The van der Waals surface area contributed by atoms with Gasteiger partial charge < -0.3 is 13.8 Å². The molecule has 0 aromatic heterocycles. The number of benzene rings is 2. The van der Waals surface area contributed by atoms with E-state index in [1.54, 1.807) is 0 Å². The van der Waals surface area contributed by atoms with Crippen LogP contribution in [-0.2, 0) is 13.8 Å². The van der Waals surface area contributed by atoms with Crippen LogP contribution in [0, 0.1) is 5.92 Å². The lowest BCUT2D eigenvalue weighted by Crippen LogP contribution is -2.50. The van der Waals surface area contributed by atoms with E-state index in [0.717, 1.165) is 22.6 Å². The Morgan fingerprint density at radius 3 is 2.10 bits per heavy atom. The first-order valence-electron chi connectivity index (χ1n) is 10.3. The van der Waals surface area contributed by atoms with E-state index in [4.69, 9.17) is 13.8 Å². The van der Waals surface area contributed by atoms with Crippen LogP contribution >= 0.6 is 0 Å². The third-order valence-electron chi connectivity index (χ3n) is 5.78. The molecule has 2 aromatic carbocycles. The maximum absolute atomic E-state index is 6.59. The van der Waals surface area contributed by atoms with Crippen LogP contribution in [0.3, 0.4) is 0 Å². The molecule has 0 radical (unpaired) electrons. The average Bonchev–Trinajstić information content (AvgIpc) is 3.12. The Morgan fingerprint density at radius 2 is 1.48 bits per heavy atom. The van der Waals surface area contributed by atoms with Crippen LogP contribution in [0.5, 0.6) is 0 Å². The minimum absolute atomic E-state index is 0.0374. The predicted molar refractivity (Wildman–Crippen MR) is 117 cm³/mol. The van der Waals surface area contributed by atoms with Crippen LogP contribution in [0.15, 0.2) is 71.0 Å². The molecule has 0 saturated heterocycles. The fourth-order valence-corrected chi connectivity index (χ4v) is 7.29. The molecular formula is C23H28N2O3Si. The van der Waals surface area contributed by atoms with Crippen molar-refractivity contribution < 1.29 is 13.8 Å². The molecule has 2 aromatic rings. The number of fused-ring (bicyclic) bond motifs is 1. The minimum Gasteiger partial charge on any atom is -0.420 e. The lowest BCUT2D eigenvalue weighted by molar-refractivity contribution is 0.0396. The highest BCUT2D eigenvalue weighted by Crippen LogP contribution is 2.40. The Morgan fingerprint density at radius 1 is 0.862 bits per heavy atom. The smallest absolute Gasteiger partial charge is 0.420 e. The molecule has 0 saturated carbocycles. The van der Waals surface area contributed by atoms with Crippen LogP contribution in [0.25, 0.3) is 0 Å². The van der Waals surface area contributed by atoms with E-state index in [2.05, 4.69) is 50.1 Å². The quantitative estimate of drug-likeness (QED) is 0.633. The van der Waals surface area contributed by atoms with Crippen molar-refractivity contribution in [2.75, 3.05) is 6.61 Å². The van der Waals surface area contributed by atoms with Crippen LogP contribution in [0.1, 0.15) is 44.9 Å². The molecule has 29 heavy (non-hydrogen) atoms. The van der Waals surface area contributed by atoms with Gasteiger partial charge in [-0.25, -0.2) is 0 Å². The van der Waals surface area contributed by atoms with Crippen LogP contribution < -0.4 is 0 Å². The largest absolute Gasteiger partial charge is 0.432 e. The molecule has 2 heterocycles. The summed E-state index contributed by atoms with van der Waals surface area (Å²) in [7, 11) is -2.58. The molecule has 0 bridgehead atoms. The predicted octanol–water partition coefficient (Wildman–Crippen LogP) is 5.44. The van der Waals surface area contributed by atoms with Gasteiger partial charge in [-0.3, -0.25) is 0 Å². The van der Waals surface area contributed by atoms with Crippen molar-refractivity contribution in [1.82, 2.24) is 0 Å². The highest BCUT2D eigenvalue weighted by Gasteiger charge is 2.51. The number of oxime groups is 2. The second-order valence-electron chi connectivity index (χ2n) is 8.26. The summed E-state index contributed by atoms with van der Waals surface area (Å²) in [6, 6.07) is 20.3. The molecule has 0 fully saturated rings. The van der Waals surface area contributed by atoms with Gasteiger partial charge in [-0.1, -0.05) is 98.7 Å². The highest BCUT2D eigenvalue weighted by atomic mass is 28.4. The van der Waals surface area contributed by atoms with Gasteiger partial charge in [0, 0.05) is 23.3 Å². The Kier molecular flexibility index (Phi) is 5.56. The maximum Gasteiger partial charge on any atom is 0.432 e. The summed E-state index contributed by atoms with van der Waals surface area (Å²) in [5.74, 6) is -0.0374. The second-order valence-corrected chi connectivity index (χ2v) is 12.5. The summed E-state index contributed by atoms with van der Waals surface area (Å²) in [6.07, 6.45) is -0.191. The lowest BCUT2D eigenvalue weighted by Gasteiger charge is -2.37.